The Balaban J connectivity index is 2.40. The van der Waals surface area contributed by atoms with Gasteiger partial charge in [0.2, 0.25) is 0 Å². The van der Waals surface area contributed by atoms with Crippen molar-refractivity contribution in [3.05, 3.63) is 18.0 Å². The number of nitrogens with zero attached hydrogens (tertiary/aromatic N) is 2. The van der Waals surface area contributed by atoms with E-state index in [0.29, 0.717) is 11.0 Å². The summed E-state index contributed by atoms with van der Waals surface area (Å²) in [6.45, 7) is 4.24. The third kappa shape index (κ3) is 1.28. The molecule has 0 aliphatic carbocycles. The molecule has 0 aliphatic heterocycles. The number of imidazole rings is 1. The normalized spacial score (nSPS) is 11.9. The van der Waals surface area contributed by atoms with Crippen molar-refractivity contribution in [1.29, 1.82) is 0 Å². The van der Waals surface area contributed by atoms with Crippen molar-refractivity contribution < 1.29 is 0 Å². The van der Waals surface area contributed by atoms with Crippen LogP contribution in [0.2, 0.25) is 0 Å². The molecule has 0 radical (unpaired) electrons. The predicted octanol–water partition coefficient (Wildman–Crippen LogP) is 2.88. The number of thiazole rings is 1. The molecule has 3 N–H and O–H groups in total. The zero-order valence-electron chi connectivity index (χ0n) is 9.11. The molecule has 0 spiro atoms. The van der Waals surface area contributed by atoms with E-state index in [2.05, 4.69) is 28.8 Å². The molecule has 0 unspecified atom stereocenters. The molecule has 3 aromatic rings. The van der Waals surface area contributed by atoms with Gasteiger partial charge in [-0.2, -0.15) is 0 Å². The fourth-order valence-corrected chi connectivity index (χ4v) is 2.59. The Hall–Kier alpha value is -1.62. The number of anilines is 1. The van der Waals surface area contributed by atoms with E-state index < -0.39 is 0 Å². The summed E-state index contributed by atoms with van der Waals surface area (Å²) >= 11 is 1.49. The standard InChI is InChI=1S/C11H12N4S/c1-5(2)10-13-6-3-4-7-9(8(6)15-10)16-11(12)14-7/h3-5H,1-2H3,(H2,12,14)(H,13,15). The van der Waals surface area contributed by atoms with E-state index in [0.717, 1.165) is 27.1 Å². The van der Waals surface area contributed by atoms with Gasteiger partial charge in [0.05, 0.1) is 15.7 Å². The molecule has 1 aromatic carbocycles. The van der Waals surface area contributed by atoms with E-state index in [1.54, 1.807) is 0 Å². The van der Waals surface area contributed by atoms with Gasteiger partial charge in [0.1, 0.15) is 11.3 Å². The third-order valence-electron chi connectivity index (χ3n) is 2.59. The molecule has 16 heavy (non-hydrogen) atoms. The van der Waals surface area contributed by atoms with Crippen molar-refractivity contribution in [2.75, 3.05) is 5.73 Å². The lowest BCUT2D eigenvalue weighted by molar-refractivity contribution is 0.799. The second-order valence-corrected chi connectivity index (χ2v) is 5.17. The Morgan fingerprint density at radius 1 is 1.31 bits per heavy atom. The lowest BCUT2D eigenvalue weighted by atomic mass is 10.2. The second kappa shape index (κ2) is 3.18. The molecule has 0 fully saturated rings. The molecule has 0 atom stereocenters. The minimum atomic E-state index is 0.396. The molecule has 0 saturated heterocycles. The van der Waals surface area contributed by atoms with Crippen LogP contribution in [-0.4, -0.2) is 15.0 Å². The number of H-pyrrole nitrogens is 1. The summed E-state index contributed by atoms with van der Waals surface area (Å²) in [6, 6.07) is 3.99. The summed E-state index contributed by atoms with van der Waals surface area (Å²) in [5.41, 5.74) is 8.68. The molecular formula is C11H12N4S. The van der Waals surface area contributed by atoms with E-state index in [1.807, 2.05) is 12.1 Å². The molecule has 0 bridgehead atoms. The molecule has 2 aromatic heterocycles. The smallest absolute Gasteiger partial charge is 0.181 e. The molecule has 0 amide bonds. The van der Waals surface area contributed by atoms with E-state index in [1.165, 1.54) is 11.3 Å². The van der Waals surface area contributed by atoms with Crippen LogP contribution in [0.1, 0.15) is 25.6 Å². The van der Waals surface area contributed by atoms with Gasteiger partial charge in [-0.05, 0) is 12.1 Å². The fourth-order valence-electron chi connectivity index (χ4n) is 1.77. The van der Waals surface area contributed by atoms with Crippen LogP contribution in [0.15, 0.2) is 12.1 Å². The van der Waals surface area contributed by atoms with E-state index >= 15 is 0 Å². The summed E-state index contributed by atoms with van der Waals surface area (Å²) in [6.07, 6.45) is 0. The lowest BCUT2D eigenvalue weighted by Gasteiger charge is -1.95. The van der Waals surface area contributed by atoms with Gasteiger partial charge in [0.25, 0.3) is 0 Å². The van der Waals surface area contributed by atoms with Crippen LogP contribution < -0.4 is 5.73 Å². The van der Waals surface area contributed by atoms with Gasteiger partial charge in [-0.3, -0.25) is 0 Å². The highest BCUT2D eigenvalue weighted by atomic mass is 32.1. The zero-order valence-corrected chi connectivity index (χ0v) is 9.93. The second-order valence-electron chi connectivity index (χ2n) is 4.14. The van der Waals surface area contributed by atoms with Crippen molar-refractivity contribution in [1.82, 2.24) is 15.0 Å². The molecule has 0 saturated carbocycles. The number of rotatable bonds is 1. The monoisotopic (exact) mass is 232 g/mol. The van der Waals surface area contributed by atoms with Gasteiger partial charge in [0, 0.05) is 5.92 Å². The van der Waals surface area contributed by atoms with Crippen LogP contribution in [0.3, 0.4) is 0 Å². The Labute approximate surface area is 96.5 Å². The summed E-state index contributed by atoms with van der Waals surface area (Å²) in [4.78, 5) is 12.2. The number of nitrogens with one attached hydrogen (secondary N) is 1. The van der Waals surface area contributed by atoms with E-state index in [4.69, 9.17) is 5.73 Å². The van der Waals surface area contributed by atoms with Crippen LogP contribution in [-0.2, 0) is 0 Å². The van der Waals surface area contributed by atoms with Crippen LogP contribution in [0.5, 0.6) is 0 Å². The maximum Gasteiger partial charge on any atom is 0.181 e. The Morgan fingerprint density at radius 2 is 2.12 bits per heavy atom. The maximum absolute atomic E-state index is 5.72. The number of nitrogens with two attached hydrogens (primary N) is 1. The summed E-state index contributed by atoms with van der Waals surface area (Å²) < 4.78 is 1.07. The molecule has 5 heteroatoms. The predicted molar refractivity (Wildman–Crippen MR) is 67.8 cm³/mol. The van der Waals surface area contributed by atoms with E-state index in [9.17, 15) is 0 Å². The summed E-state index contributed by atoms with van der Waals surface area (Å²) in [7, 11) is 0. The van der Waals surface area contributed by atoms with Crippen LogP contribution in [0.25, 0.3) is 21.3 Å². The van der Waals surface area contributed by atoms with Gasteiger partial charge in [-0.25, -0.2) is 9.97 Å². The first-order valence-electron chi connectivity index (χ1n) is 5.20. The highest BCUT2D eigenvalue weighted by Crippen LogP contribution is 2.30. The quantitative estimate of drug-likeness (QED) is 0.678. The number of aromatic amines is 1. The minimum Gasteiger partial charge on any atom is -0.375 e. The Bertz CT molecular complexity index is 665. The van der Waals surface area contributed by atoms with Crippen LogP contribution >= 0.6 is 11.3 Å². The van der Waals surface area contributed by atoms with Crippen LogP contribution in [0, 0.1) is 0 Å². The lowest BCUT2D eigenvalue weighted by Crippen LogP contribution is -1.88. The van der Waals surface area contributed by atoms with Crippen molar-refractivity contribution in [2.45, 2.75) is 19.8 Å². The fraction of sp³-hybridized carbons (Fsp3) is 0.273. The first kappa shape index (κ1) is 9.59. The molecule has 4 nitrogen and oxygen atoms in total. The van der Waals surface area contributed by atoms with Gasteiger partial charge in [0.15, 0.2) is 5.13 Å². The topological polar surface area (TPSA) is 67.6 Å². The zero-order chi connectivity index (χ0) is 11.3. The van der Waals surface area contributed by atoms with Gasteiger partial charge in [-0.15, -0.1) is 0 Å². The van der Waals surface area contributed by atoms with Crippen molar-refractivity contribution in [3.8, 4) is 0 Å². The van der Waals surface area contributed by atoms with Gasteiger partial charge >= 0.3 is 0 Å². The van der Waals surface area contributed by atoms with Gasteiger partial charge in [-0.1, -0.05) is 25.2 Å². The molecule has 2 heterocycles. The Kier molecular flexibility index (Phi) is 1.91. The SMILES string of the molecule is CC(C)c1nc2c(ccc3nc(N)sc32)[nH]1. The largest absolute Gasteiger partial charge is 0.375 e. The number of nitrogen functional groups attached to an aromatic ring is 1. The number of fused-ring (bicyclic) bond motifs is 3. The molecule has 0 aliphatic rings. The average molecular weight is 232 g/mol. The number of hydrogen-bond donors (Lipinski definition) is 2. The molecule has 3 rings (SSSR count). The average Bonchev–Trinajstić information content (AvgIpc) is 2.77. The summed E-state index contributed by atoms with van der Waals surface area (Å²) in [5, 5.41) is 0.594. The van der Waals surface area contributed by atoms with E-state index in [-0.39, 0.29) is 0 Å². The number of benzene rings is 1. The number of hydrogen-bond acceptors (Lipinski definition) is 4. The van der Waals surface area contributed by atoms with Crippen molar-refractivity contribution in [2.24, 2.45) is 0 Å². The number of aromatic nitrogens is 3. The first-order chi connectivity index (χ1) is 7.65. The molecule has 82 valence electrons. The molecular weight excluding hydrogens is 220 g/mol. The summed E-state index contributed by atoms with van der Waals surface area (Å²) in [5.74, 6) is 1.40. The third-order valence-corrected chi connectivity index (χ3v) is 3.50. The van der Waals surface area contributed by atoms with Crippen molar-refractivity contribution in [3.63, 3.8) is 0 Å². The highest BCUT2D eigenvalue weighted by Gasteiger charge is 2.11. The maximum atomic E-state index is 5.72. The Morgan fingerprint density at radius 3 is 2.88 bits per heavy atom. The highest BCUT2D eigenvalue weighted by molar-refractivity contribution is 7.22. The van der Waals surface area contributed by atoms with Crippen LogP contribution in [0.4, 0.5) is 5.13 Å². The first-order valence-corrected chi connectivity index (χ1v) is 6.01. The minimum absolute atomic E-state index is 0.396. The van der Waals surface area contributed by atoms with Crippen molar-refractivity contribution >= 4 is 37.7 Å². The van der Waals surface area contributed by atoms with Gasteiger partial charge < -0.3 is 10.7 Å².